The Morgan fingerprint density at radius 3 is 2.32 bits per heavy atom. The van der Waals surface area contributed by atoms with Gasteiger partial charge in [0.2, 0.25) is 11.8 Å². The summed E-state index contributed by atoms with van der Waals surface area (Å²) in [6.07, 6.45) is 0. The molecule has 28 heavy (non-hydrogen) atoms. The first-order valence-corrected chi connectivity index (χ1v) is 10.5. The minimum absolute atomic E-state index is 0.128. The third-order valence-electron chi connectivity index (χ3n) is 4.21. The number of amides is 2. The van der Waals surface area contributed by atoms with Gasteiger partial charge >= 0.3 is 0 Å². The number of carbonyl (C=O) groups excluding carboxylic acids is 2. The van der Waals surface area contributed by atoms with E-state index in [1.165, 1.54) is 35.8 Å². The number of nitrogens with one attached hydrogen (secondary N) is 1. The van der Waals surface area contributed by atoms with Crippen molar-refractivity contribution in [1.82, 2.24) is 10.2 Å². The van der Waals surface area contributed by atoms with E-state index in [1.54, 1.807) is 37.3 Å². The highest BCUT2D eigenvalue weighted by molar-refractivity contribution is 7.99. The molecule has 8 heteroatoms. The number of halogens is 3. The second-order valence-corrected chi connectivity index (χ2v) is 7.93. The molecule has 1 atom stereocenters. The molecule has 2 aromatic carbocycles. The highest BCUT2D eigenvalue weighted by Crippen LogP contribution is 2.27. The largest absolute Gasteiger partial charge is 0.357 e. The maximum atomic E-state index is 13.0. The Bertz CT molecular complexity index is 813. The van der Waals surface area contributed by atoms with Gasteiger partial charge in [-0.25, -0.2) is 4.39 Å². The first-order chi connectivity index (χ1) is 13.3. The molecule has 0 heterocycles. The second-order valence-electron chi connectivity index (χ2n) is 6.13. The van der Waals surface area contributed by atoms with E-state index in [4.69, 9.17) is 23.2 Å². The maximum Gasteiger partial charge on any atom is 0.242 e. The lowest BCUT2D eigenvalue weighted by atomic mass is 10.1. The van der Waals surface area contributed by atoms with Crippen LogP contribution in [-0.2, 0) is 21.9 Å². The highest BCUT2D eigenvalue weighted by Gasteiger charge is 2.26. The summed E-state index contributed by atoms with van der Waals surface area (Å²) in [5, 5.41) is 3.44. The van der Waals surface area contributed by atoms with Gasteiger partial charge in [-0.15, -0.1) is 11.8 Å². The van der Waals surface area contributed by atoms with Gasteiger partial charge in [-0.05, 0) is 36.8 Å². The fourth-order valence-corrected chi connectivity index (χ4v) is 3.95. The quantitative estimate of drug-likeness (QED) is 0.653. The van der Waals surface area contributed by atoms with Crippen molar-refractivity contribution in [2.45, 2.75) is 25.3 Å². The zero-order chi connectivity index (χ0) is 20.7. The molecule has 0 unspecified atom stereocenters. The smallest absolute Gasteiger partial charge is 0.242 e. The molecule has 0 saturated carbocycles. The Hall–Kier alpha value is -1.76. The van der Waals surface area contributed by atoms with Crippen LogP contribution in [0.1, 0.15) is 18.1 Å². The number of carbonyl (C=O) groups is 2. The van der Waals surface area contributed by atoms with E-state index in [0.29, 0.717) is 21.4 Å². The Kier molecular flexibility index (Phi) is 8.60. The molecule has 0 bridgehead atoms. The van der Waals surface area contributed by atoms with Crippen LogP contribution in [0.4, 0.5) is 4.39 Å². The number of likely N-dealkylation sites (N-methyl/N-ethyl adjacent to an activating group) is 1. The number of benzene rings is 2. The average molecular weight is 443 g/mol. The van der Waals surface area contributed by atoms with E-state index in [9.17, 15) is 14.0 Å². The first kappa shape index (κ1) is 22.5. The van der Waals surface area contributed by atoms with Crippen LogP contribution < -0.4 is 5.32 Å². The molecule has 4 nitrogen and oxygen atoms in total. The zero-order valence-corrected chi connectivity index (χ0v) is 17.9. The van der Waals surface area contributed by atoms with Crippen molar-refractivity contribution < 1.29 is 14.0 Å². The molecule has 0 aliphatic rings. The van der Waals surface area contributed by atoms with E-state index in [2.05, 4.69) is 5.32 Å². The second kappa shape index (κ2) is 10.7. The summed E-state index contributed by atoms with van der Waals surface area (Å²) >= 11 is 13.9. The summed E-state index contributed by atoms with van der Waals surface area (Å²) in [5.74, 6) is -0.0618. The van der Waals surface area contributed by atoms with Gasteiger partial charge in [0.05, 0.1) is 5.75 Å². The summed E-state index contributed by atoms with van der Waals surface area (Å²) < 4.78 is 13.0. The van der Waals surface area contributed by atoms with Crippen LogP contribution in [0.3, 0.4) is 0 Å². The number of nitrogens with zero attached hydrogens (tertiary/aromatic N) is 1. The van der Waals surface area contributed by atoms with Gasteiger partial charge in [0.25, 0.3) is 0 Å². The summed E-state index contributed by atoms with van der Waals surface area (Å²) in [5.41, 5.74) is 1.51. The minimum atomic E-state index is -0.684. The lowest BCUT2D eigenvalue weighted by Gasteiger charge is -2.29. The third kappa shape index (κ3) is 6.12. The summed E-state index contributed by atoms with van der Waals surface area (Å²) in [6, 6.07) is 10.6. The fourth-order valence-electron chi connectivity index (χ4n) is 2.56. The number of hydrogen-bond acceptors (Lipinski definition) is 3. The number of hydrogen-bond donors (Lipinski definition) is 1. The standard InChI is InChI=1S/C20H21Cl2FN2O2S/c1-13(20(27)24-2)25(10-16-17(21)4-3-5-18(16)22)19(26)12-28-11-14-6-8-15(23)9-7-14/h3-9,13H,10-12H2,1-2H3,(H,24,27)/t13-/m1/s1. The van der Waals surface area contributed by atoms with Crippen LogP contribution in [0.15, 0.2) is 42.5 Å². The van der Waals surface area contributed by atoms with Gasteiger partial charge in [-0.3, -0.25) is 9.59 Å². The molecule has 0 aliphatic carbocycles. The molecular weight excluding hydrogens is 422 g/mol. The molecule has 0 saturated heterocycles. The van der Waals surface area contributed by atoms with Gasteiger partial charge in [-0.1, -0.05) is 41.4 Å². The Morgan fingerprint density at radius 1 is 1.14 bits per heavy atom. The fraction of sp³-hybridized carbons (Fsp3) is 0.300. The van der Waals surface area contributed by atoms with E-state index < -0.39 is 6.04 Å². The molecule has 2 amide bonds. The molecule has 0 radical (unpaired) electrons. The average Bonchev–Trinajstić information content (AvgIpc) is 2.68. The molecular formula is C20H21Cl2FN2O2S. The first-order valence-electron chi connectivity index (χ1n) is 8.59. The van der Waals surface area contributed by atoms with Crippen LogP contribution in [0, 0.1) is 5.82 Å². The van der Waals surface area contributed by atoms with Crippen molar-refractivity contribution in [3.63, 3.8) is 0 Å². The molecule has 0 aliphatic heterocycles. The predicted octanol–water partition coefficient (Wildman–Crippen LogP) is 4.53. The van der Waals surface area contributed by atoms with Gasteiger partial charge in [0, 0.05) is 35.0 Å². The number of thioether (sulfide) groups is 1. The summed E-state index contributed by atoms with van der Waals surface area (Å²) in [7, 11) is 1.52. The normalized spacial score (nSPS) is 11.8. The number of rotatable bonds is 8. The third-order valence-corrected chi connectivity index (χ3v) is 5.91. The lowest BCUT2D eigenvalue weighted by Crippen LogP contribution is -2.47. The monoisotopic (exact) mass is 442 g/mol. The van der Waals surface area contributed by atoms with Crippen LogP contribution in [0.2, 0.25) is 10.0 Å². The van der Waals surface area contributed by atoms with E-state index >= 15 is 0 Å². The van der Waals surface area contributed by atoms with Crippen molar-refractivity contribution in [2.24, 2.45) is 0 Å². The van der Waals surface area contributed by atoms with Gasteiger partial charge < -0.3 is 10.2 Å². The SMILES string of the molecule is CNC(=O)[C@@H](C)N(Cc1c(Cl)cccc1Cl)C(=O)CSCc1ccc(F)cc1. The van der Waals surface area contributed by atoms with E-state index in [1.807, 2.05) is 0 Å². The highest BCUT2D eigenvalue weighted by atomic mass is 35.5. The van der Waals surface area contributed by atoms with Gasteiger partial charge in [-0.2, -0.15) is 0 Å². The molecule has 0 spiro atoms. The molecule has 0 fully saturated rings. The topological polar surface area (TPSA) is 49.4 Å². The minimum Gasteiger partial charge on any atom is -0.357 e. The molecule has 2 rings (SSSR count). The lowest BCUT2D eigenvalue weighted by molar-refractivity contribution is -0.138. The van der Waals surface area contributed by atoms with Crippen molar-refractivity contribution in [3.05, 3.63) is 69.5 Å². The van der Waals surface area contributed by atoms with Crippen molar-refractivity contribution in [1.29, 1.82) is 0 Å². The summed E-state index contributed by atoms with van der Waals surface area (Å²) in [6.45, 7) is 1.79. The van der Waals surface area contributed by atoms with Crippen LogP contribution in [-0.4, -0.2) is 35.6 Å². The van der Waals surface area contributed by atoms with Crippen LogP contribution in [0.25, 0.3) is 0 Å². The molecule has 2 aromatic rings. The predicted molar refractivity (Wildman–Crippen MR) is 113 cm³/mol. The van der Waals surface area contributed by atoms with Gasteiger partial charge in [0.15, 0.2) is 0 Å². The molecule has 1 N–H and O–H groups in total. The Morgan fingerprint density at radius 2 is 1.75 bits per heavy atom. The van der Waals surface area contributed by atoms with Gasteiger partial charge in [0.1, 0.15) is 11.9 Å². The van der Waals surface area contributed by atoms with E-state index in [-0.39, 0.29) is 29.9 Å². The summed E-state index contributed by atoms with van der Waals surface area (Å²) in [4.78, 5) is 26.4. The van der Waals surface area contributed by atoms with Crippen LogP contribution >= 0.6 is 35.0 Å². The zero-order valence-electron chi connectivity index (χ0n) is 15.5. The van der Waals surface area contributed by atoms with E-state index in [0.717, 1.165) is 5.56 Å². The molecule has 150 valence electrons. The Labute approximate surface area is 178 Å². The van der Waals surface area contributed by atoms with Crippen molar-refractivity contribution >= 4 is 46.8 Å². The maximum absolute atomic E-state index is 13.0. The van der Waals surface area contributed by atoms with Crippen LogP contribution in [0.5, 0.6) is 0 Å². The van der Waals surface area contributed by atoms with Crippen molar-refractivity contribution in [3.8, 4) is 0 Å². The molecule has 0 aromatic heterocycles. The Balaban J connectivity index is 2.10. The van der Waals surface area contributed by atoms with Crippen molar-refractivity contribution in [2.75, 3.05) is 12.8 Å².